The van der Waals surface area contributed by atoms with Gasteiger partial charge in [0.2, 0.25) is 0 Å². The fourth-order valence-electron chi connectivity index (χ4n) is 8.24. The van der Waals surface area contributed by atoms with E-state index < -0.39 is 5.60 Å². The van der Waals surface area contributed by atoms with Crippen molar-refractivity contribution < 1.29 is 19.4 Å². The van der Waals surface area contributed by atoms with Crippen molar-refractivity contribution in [2.45, 2.75) is 99.0 Å². The van der Waals surface area contributed by atoms with E-state index in [9.17, 15) is 14.7 Å². The number of esters is 1. The number of ether oxygens (including phenoxy) is 1. The Kier molecular flexibility index (Phi) is 7.16. The van der Waals surface area contributed by atoms with Crippen LogP contribution in [-0.2, 0) is 9.53 Å². The second-order valence-corrected chi connectivity index (χ2v) is 13.8. The van der Waals surface area contributed by atoms with E-state index in [4.69, 9.17) is 9.72 Å². The number of nitrogens with one attached hydrogen (secondary N) is 1. The Morgan fingerprint density at radius 1 is 1.14 bits per heavy atom. The molecule has 0 radical (unpaired) electrons. The number of aliphatic hydroxyl groups is 1. The number of piperidine rings is 1. The molecule has 202 valence electrons. The second-order valence-electron chi connectivity index (χ2n) is 12.5. The third-order valence-electron chi connectivity index (χ3n) is 9.74. The summed E-state index contributed by atoms with van der Waals surface area (Å²) in [7, 11) is 1.45. The molecular weight excluding hydrogens is 486 g/mol. The summed E-state index contributed by atoms with van der Waals surface area (Å²) in [6.07, 6.45) is 12.2. The molecule has 2 N–H and O–H groups in total. The molecule has 2 heterocycles. The Labute approximate surface area is 224 Å². The van der Waals surface area contributed by atoms with Crippen LogP contribution in [0.25, 0.3) is 0 Å². The molecule has 1 aliphatic heterocycles. The SMILES string of the molecule is COC(=O)C[C@@H]1CCCN(c2ccc(C(=O)N[C@H]3C4CC5CC3C[C@@](O)(C5)C4)c(SC3CCCC3)n2)C1. The summed E-state index contributed by atoms with van der Waals surface area (Å²) < 4.78 is 4.90. The number of nitrogens with zero attached hydrogens (tertiary/aromatic N) is 2. The van der Waals surface area contributed by atoms with E-state index in [1.165, 1.54) is 32.8 Å². The minimum Gasteiger partial charge on any atom is -0.469 e. The summed E-state index contributed by atoms with van der Waals surface area (Å²) in [6, 6.07) is 4.13. The smallest absolute Gasteiger partial charge is 0.305 e. The van der Waals surface area contributed by atoms with Gasteiger partial charge >= 0.3 is 5.97 Å². The molecule has 1 saturated heterocycles. The minimum absolute atomic E-state index is 0.00813. The van der Waals surface area contributed by atoms with Gasteiger partial charge in [-0.1, -0.05) is 12.8 Å². The van der Waals surface area contributed by atoms with Gasteiger partial charge in [0.25, 0.3) is 5.91 Å². The maximum atomic E-state index is 13.7. The predicted octanol–water partition coefficient (Wildman–Crippen LogP) is 4.57. The van der Waals surface area contributed by atoms with Crippen molar-refractivity contribution in [1.82, 2.24) is 10.3 Å². The minimum atomic E-state index is -0.495. The lowest BCUT2D eigenvalue weighted by atomic mass is 9.52. The van der Waals surface area contributed by atoms with Crippen molar-refractivity contribution in [3.63, 3.8) is 0 Å². The number of methoxy groups -OCH3 is 1. The summed E-state index contributed by atoms with van der Waals surface area (Å²) in [5, 5.41) is 15.7. The van der Waals surface area contributed by atoms with Crippen LogP contribution < -0.4 is 10.2 Å². The molecule has 37 heavy (non-hydrogen) atoms. The number of thioether (sulfide) groups is 1. The van der Waals surface area contributed by atoms with Crippen LogP contribution in [0.4, 0.5) is 5.82 Å². The zero-order valence-corrected chi connectivity index (χ0v) is 22.8. The molecular formula is C29H41N3O4S. The van der Waals surface area contributed by atoms with E-state index in [1.807, 2.05) is 12.1 Å². The molecule has 6 fully saturated rings. The first-order valence-electron chi connectivity index (χ1n) is 14.4. The summed E-state index contributed by atoms with van der Waals surface area (Å²) in [5.41, 5.74) is 0.196. The largest absolute Gasteiger partial charge is 0.469 e. The van der Waals surface area contributed by atoms with Gasteiger partial charge in [-0.25, -0.2) is 4.98 Å². The number of rotatable bonds is 7. The van der Waals surface area contributed by atoms with Crippen molar-refractivity contribution in [3.8, 4) is 0 Å². The van der Waals surface area contributed by atoms with Crippen LogP contribution >= 0.6 is 11.8 Å². The molecule has 1 amide bonds. The highest BCUT2D eigenvalue weighted by Gasteiger charge is 2.55. The highest BCUT2D eigenvalue weighted by molar-refractivity contribution is 7.99. The van der Waals surface area contributed by atoms with Crippen LogP contribution in [0.5, 0.6) is 0 Å². The monoisotopic (exact) mass is 527 g/mol. The quantitative estimate of drug-likeness (QED) is 0.502. The lowest BCUT2D eigenvalue weighted by Crippen LogP contribution is -2.61. The van der Waals surface area contributed by atoms with Crippen molar-refractivity contribution >= 4 is 29.5 Å². The lowest BCUT2D eigenvalue weighted by Gasteiger charge is -2.58. The summed E-state index contributed by atoms with van der Waals surface area (Å²) >= 11 is 1.78. The molecule has 8 heteroatoms. The molecule has 5 aliphatic carbocycles. The van der Waals surface area contributed by atoms with Gasteiger partial charge in [-0.2, -0.15) is 0 Å². The highest BCUT2D eigenvalue weighted by atomic mass is 32.2. The number of amides is 1. The molecule has 7 rings (SSSR count). The normalized spacial score (nSPS) is 35.1. The van der Waals surface area contributed by atoms with Gasteiger partial charge in [0, 0.05) is 30.8 Å². The molecule has 3 atom stereocenters. The predicted molar refractivity (Wildman–Crippen MR) is 144 cm³/mol. The third-order valence-corrected chi connectivity index (χ3v) is 11.1. The van der Waals surface area contributed by atoms with Gasteiger partial charge < -0.3 is 20.1 Å². The van der Waals surface area contributed by atoms with Crippen molar-refractivity contribution in [2.75, 3.05) is 25.1 Å². The van der Waals surface area contributed by atoms with Crippen LogP contribution in [0.3, 0.4) is 0 Å². The first-order chi connectivity index (χ1) is 17.9. The maximum absolute atomic E-state index is 13.7. The number of carbonyl (C=O) groups excluding carboxylic acids is 2. The van der Waals surface area contributed by atoms with Gasteiger partial charge in [0.15, 0.2) is 0 Å². The Hall–Kier alpha value is -1.80. The number of anilines is 1. The maximum Gasteiger partial charge on any atom is 0.305 e. The van der Waals surface area contributed by atoms with E-state index in [1.54, 1.807) is 11.8 Å². The number of hydrogen-bond donors (Lipinski definition) is 2. The molecule has 0 spiro atoms. The number of pyridine rings is 1. The Morgan fingerprint density at radius 2 is 1.89 bits per heavy atom. The molecule has 0 aromatic carbocycles. The molecule has 1 aromatic heterocycles. The van der Waals surface area contributed by atoms with Gasteiger partial charge in [-0.05, 0) is 93.6 Å². The first kappa shape index (κ1) is 25.5. The van der Waals surface area contributed by atoms with Gasteiger partial charge in [0.1, 0.15) is 10.8 Å². The summed E-state index contributed by atoms with van der Waals surface area (Å²) in [6.45, 7) is 1.70. The lowest BCUT2D eigenvalue weighted by molar-refractivity contribution is -0.141. The van der Waals surface area contributed by atoms with Crippen LogP contribution in [0.2, 0.25) is 0 Å². The molecule has 2 unspecified atom stereocenters. The van der Waals surface area contributed by atoms with E-state index in [0.29, 0.717) is 35.0 Å². The van der Waals surface area contributed by atoms with Crippen LogP contribution in [-0.4, -0.2) is 59.1 Å². The Bertz CT molecular complexity index is 1010. The topological polar surface area (TPSA) is 91.8 Å². The van der Waals surface area contributed by atoms with E-state index in [2.05, 4.69) is 10.2 Å². The Morgan fingerprint density at radius 3 is 2.59 bits per heavy atom. The van der Waals surface area contributed by atoms with Crippen LogP contribution in [0.1, 0.15) is 87.4 Å². The van der Waals surface area contributed by atoms with Crippen molar-refractivity contribution in [3.05, 3.63) is 17.7 Å². The van der Waals surface area contributed by atoms with Gasteiger partial charge in [0.05, 0.1) is 18.3 Å². The number of carbonyl (C=O) groups is 2. The van der Waals surface area contributed by atoms with E-state index in [-0.39, 0.29) is 23.8 Å². The van der Waals surface area contributed by atoms with Gasteiger partial charge in [-0.15, -0.1) is 11.8 Å². The summed E-state index contributed by atoms with van der Waals surface area (Å²) in [4.78, 5) is 32.9. The van der Waals surface area contributed by atoms with Gasteiger partial charge in [-0.3, -0.25) is 9.59 Å². The highest BCUT2D eigenvalue weighted by Crippen LogP contribution is 2.55. The van der Waals surface area contributed by atoms with E-state index in [0.717, 1.165) is 68.9 Å². The molecule has 6 aliphatic rings. The molecule has 1 aromatic rings. The zero-order valence-electron chi connectivity index (χ0n) is 22.0. The first-order valence-corrected chi connectivity index (χ1v) is 15.3. The fraction of sp³-hybridized carbons (Fsp3) is 0.759. The fourth-order valence-corrected chi connectivity index (χ4v) is 9.56. The van der Waals surface area contributed by atoms with Crippen molar-refractivity contribution in [2.24, 2.45) is 23.7 Å². The standard InChI is InChI=1S/C29H41N3O4S/c1-36-25(33)13-18-5-4-10-32(17-18)24-9-8-23(28(30-24)37-22-6-2-3-7-22)27(34)31-26-20-11-19-12-21(26)16-29(35,14-19)15-20/h8-9,18-22,26,35H,2-7,10-17H2,1H3,(H,31,34)/t18-,19?,20?,21?,26-,29+/m0/s1. The molecule has 5 saturated carbocycles. The summed E-state index contributed by atoms with van der Waals surface area (Å²) in [5.74, 6) is 2.41. The Balaban J connectivity index is 1.20. The third kappa shape index (κ3) is 5.38. The molecule has 7 nitrogen and oxygen atoms in total. The number of hydrogen-bond acceptors (Lipinski definition) is 7. The average Bonchev–Trinajstić information content (AvgIpc) is 3.38. The van der Waals surface area contributed by atoms with E-state index >= 15 is 0 Å². The van der Waals surface area contributed by atoms with Crippen LogP contribution in [0.15, 0.2) is 17.2 Å². The average molecular weight is 528 g/mol. The van der Waals surface area contributed by atoms with Crippen molar-refractivity contribution in [1.29, 1.82) is 0 Å². The number of aromatic nitrogens is 1. The second kappa shape index (κ2) is 10.4. The zero-order chi connectivity index (χ0) is 25.6. The van der Waals surface area contributed by atoms with Crippen LogP contribution in [0, 0.1) is 23.7 Å². The molecule has 4 bridgehead atoms.